The zero-order chi connectivity index (χ0) is 23.6. The van der Waals surface area contributed by atoms with Crippen LogP contribution >= 0.6 is 0 Å². The van der Waals surface area contributed by atoms with Gasteiger partial charge in [0, 0.05) is 23.8 Å². The van der Waals surface area contributed by atoms with Crippen molar-refractivity contribution >= 4 is 10.8 Å². The maximum atomic E-state index is 12.4. The summed E-state index contributed by atoms with van der Waals surface area (Å²) in [6, 6.07) is 9.84. The largest absolute Gasteiger partial charge is 0.385 e. The third-order valence-corrected chi connectivity index (χ3v) is 11.0. The van der Waals surface area contributed by atoms with Crippen molar-refractivity contribution in [2.75, 3.05) is 13.1 Å². The topological polar surface area (TPSA) is 36.4 Å². The molecule has 1 aliphatic heterocycles. The number of aliphatic hydroxyl groups is 1. The first kappa shape index (κ1) is 22.2. The standard InChI is InChI=1S/C32H40N2O/c1-31-13-11-27-19-23-6-7-28(34-16-2-3-17-34)20-24(23)10-14-32(27,35)30(31)9-8-29(31)25-5-4-22-12-15-33-21-26(22)18-25/h4-5,11-12,15,18-19,21,24,28-30,35H,2-3,6-10,13-14,16-17,20H2,1H3. The Bertz CT molecular complexity index is 1190. The summed E-state index contributed by atoms with van der Waals surface area (Å²) in [4.78, 5) is 7.13. The van der Waals surface area contributed by atoms with Gasteiger partial charge in [0.2, 0.25) is 0 Å². The van der Waals surface area contributed by atoms with E-state index in [0.29, 0.717) is 17.8 Å². The number of aromatic nitrogens is 1. The van der Waals surface area contributed by atoms with Crippen molar-refractivity contribution in [1.29, 1.82) is 0 Å². The number of benzene rings is 1. The zero-order valence-corrected chi connectivity index (χ0v) is 21.3. The van der Waals surface area contributed by atoms with Crippen LogP contribution in [0, 0.1) is 17.3 Å². The van der Waals surface area contributed by atoms with Crippen molar-refractivity contribution in [1.82, 2.24) is 9.88 Å². The maximum absolute atomic E-state index is 12.4. The van der Waals surface area contributed by atoms with Crippen LogP contribution in [0.15, 0.2) is 60.0 Å². The van der Waals surface area contributed by atoms with E-state index >= 15 is 0 Å². The van der Waals surface area contributed by atoms with E-state index in [4.69, 9.17) is 0 Å². The Labute approximate surface area is 210 Å². The Balaban J connectivity index is 1.17. The van der Waals surface area contributed by atoms with E-state index in [1.165, 1.54) is 73.5 Å². The van der Waals surface area contributed by atoms with E-state index in [-0.39, 0.29) is 5.41 Å². The van der Waals surface area contributed by atoms with Crippen LogP contribution in [0.2, 0.25) is 0 Å². The van der Waals surface area contributed by atoms with E-state index in [2.05, 4.69) is 53.2 Å². The molecule has 3 fully saturated rings. The number of nitrogens with zero attached hydrogens (tertiary/aromatic N) is 2. The van der Waals surface area contributed by atoms with Gasteiger partial charge in [-0.3, -0.25) is 4.98 Å². The summed E-state index contributed by atoms with van der Waals surface area (Å²) in [7, 11) is 0. The van der Waals surface area contributed by atoms with Gasteiger partial charge in [-0.15, -0.1) is 0 Å². The molecule has 1 aromatic heterocycles. The first-order valence-electron chi connectivity index (χ1n) is 14.3. The molecule has 2 heterocycles. The van der Waals surface area contributed by atoms with Crippen LogP contribution in [-0.4, -0.2) is 39.7 Å². The van der Waals surface area contributed by atoms with E-state index in [0.717, 1.165) is 31.7 Å². The first-order chi connectivity index (χ1) is 17.0. The third-order valence-electron chi connectivity index (χ3n) is 11.0. The molecule has 5 aliphatic rings. The minimum atomic E-state index is -0.659. The van der Waals surface area contributed by atoms with Crippen LogP contribution in [-0.2, 0) is 0 Å². The monoisotopic (exact) mass is 468 g/mol. The van der Waals surface area contributed by atoms with Crippen molar-refractivity contribution in [2.24, 2.45) is 17.3 Å². The molecule has 0 radical (unpaired) electrons. The smallest absolute Gasteiger partial charge is 0.0927 e. The minimum Gasteiger partial charge on any atom is -0.385 e. The molecule has 1 aromatic carbocycles. The second-order valence-electron chi connectivity index (χ2n) is 12.6. The maximum Gasteiger partial charge on any atom is 0.0927 e. The number of hydrogen-bond acceptors (Lipinski definition) is 3. The lowest BCUT2D eigenvalue weighted by Gasteiger charge is -2.49. The molecule has 1 saturated heterocycles. The molecule has 1 N–H and O–H groups in total. The highest BCUT2D eigenvalue weighted by Gasteiger charge is 2.58. The number of likely N-dealkylation sites (tertiary alicyclic amines) is 1. The summed E-state index contributed by atoms with van der Waals surface area (Å²) < 4.78 is 0. The SMILES string of the molecule is CC12CC=C3C=C4CCC(N5CCCC5)CC4CCC3(O)C1CCC2c1ccc2ccncc2c1. The molecule has 2 aromatic rings. The van der Waals surface area contributed by atoms with Crippen molar-refractivity contribution in [3.05, 3.63) is 65.5 Å². The van der Waals surface area contributed by atoms with E-state index in [1.807, 2.05) is 12.4 Å². The van der Waals surface area contributed by atoms with Gasteiger partial charge in [0.1, 0.15) is 0 Å². The van der Waals surface area contributed by atoms with Gasteiger partial charge in [-0.2, -0.15) is 0 Å². The van der Waals surface area contributed by atoms with Crippen molar-refractivity contribution < 1.29 is 5.11 Å². The lowest BCUT2D eigenvalue weighted by Crippen LogP contribution is -2.49. The molecule has 35 heavy (non-hydrogen) atoms. The highest BCUT2D eigenvalue weighted by atomic mass is 16.3. The minimum absolute atomic E-state index is 0.111. The zero-order valence-electron chi connectivity index (χ0n) is 21.3. The fraction of sp³-hybridized carbons (Fsp3) is 0.594. The molecule has 0 amide bonds. The number of rotatable bonds is 2. The van der Waals surface area contributed by atoms with Crippen LogP contribution in [0.3, 0.4) is 0 Å². The first-order valence-corrected chi connectivity index (χ1v) is 14.3. The summed E-state index contributed by atoms with van der Waals surface area (Å²) in [5.41, 5.74) is 3.79. The Morgan fingerprint density at radius 3 is 2.80 bits per heavy atom. The summed E-state index contributed by atoms with van der Waals surface area (Å²) in [5.74, 6) is 1.51. The molecular weight excluding hydrogens is 428 g/mol. The Morgan fingerprint density at radius 2 is 1.91 bits per heavy atom. The fourth-order valence-corrected chi connectivity index (χ4v) is 9.04. The highest BCUT2D eigenvalue weighted by molar-refractivity contribution is 5.82. The van der Waals surface area contributed by atoms with Gasteiger partial charge in [-0.1, -0.05) is 36.8 Å². The van der Waals surface area contributed by atoms with Crippen LogP contribution in [0.5, 0.6) is 0 Å². The van der Waals surface area contributed by atoms with Gasteiger partial charge in [0.25, 0.3) is 0 Å². The van der Waals surface area contributed by atoms with Gasteiger partial charge < -0.3 is 10.0 Å². The molecular formula is C32H40N2O. The highest BCUT2D eigenvalue weighted by Crippen LogP contribution is 2.64. The van der Waals surface area contributed by atoms with Gasteiger partial charge >= 0.3 is 0 Å². The molecule has 0 bridgehead atoms. The van der Waals surface area contributed by atoms with Crippen LogP contribution in [0.1, 0.15) is 82.6 Å². The normalized spacial score (nSPS) is 39.4. The summed E-state index contributed by atoms with van der Waals surface area (Å²) >= 11 is 0. The number of allylic oxidation sites excluding steroid dienone is 2. The van der Waals surface area contributed by atoms with E-state index in [1.54, 1.807) is 5.57 Å². The molecule has 4 aliphatic carbocycles. The number of pyridine rings is 1. The Kier molecular flexibility index (Phi) is 5.26. The van der Waals surface area contributed by atoms with E-state index < -0.39 is 5.60 Å². The summed E-state index contributed by atoms with van der Waals surface area (Å²) in [6.07, 6.45) is 20.9. The average Bonchev–Trinajstić information content (AvgIpc) is 3.51. The summed E-state index contributed by atoms with van der Waals surface area (Å²) in [5, 5.41) is 14.9. The van der Waals surface area contributed by atoms with Gasteiger partial charge in [0.05, 0.1) is 5.60 Å². The average molecular weight is 469 g/mol. The second kappa shape index (κ2) is 8.28. The molecule has 3 heteroatoms. The lowest BCUT2D eigenvalue weighted by atomic mass is 9.58. The summed E-state index contributed by atoms with van der Waals surface area (Å²) in [6.45, 7) is 5.08. The molecule has 3 nitrogen and oxygen atoms in total. The van der Waals surface area contributed by atoms with Crippen LogP contribution in [0.4, 0.5) is 0 Å². The predicted octanol–water partition coefficient (Wildman–Crippen LogP) is 6.78. The molecule has 2 saturated carbocycles. The Hall–Kier alpha value is -1.97. The molecule has 0 spiro atoms. The quantitative estimate of drug-likeness (QED) is 0.528. The second-order valence-corrected chi connectivity index (χ2v) is 12.6. The fourth-order valence-electron chi connectivity index (χ4n) is 9.04. The molecule has 184 valence electrons. The molecule has 7 rings (SSSR count). The molecule has 6 atom stereocenters. The van der Waals surface area contributed by atoms with Crippen molar-refractivity contribution in [2.45, 2.75) is 88.7 Å². The molecule has 6 unspecified atom stereocenters. The van der Waals surface area contributed by atoms with Gasteiger partial charge in [-0.25, -0.2) is 0 Å². The van der Waals surface area contributed by atoms with Crippen molar-refractivity contribution in [3.8, 4) is 0 Å². The van der Waals surface area contributed by atoms with Crippen molar-refractivity contribution in [3.63, 3.8) is 0 Å². The van der Waals surface area contributed by atoms with Crippen LogP contribution in [0.25, 0.3) is 10.8 Å². The predicted molar refractivity (Wildman–Crippen MR) is 142 cm³/mol. The lowest BCUT2D eigenvalue weighted by molar-refractivity contribution is -0.0475. The van der Waals surface area contributed by atoms with Gasteiger partial charge in [-0.05, 0) is 129 Å². The van der Waals surface area contributed by atoms with E-state index in [9.17, 15) is 5.11 Å². The van der Waals surface area contributed by atoms with Gasteiger partial charge in [0.15, 0.2) is 0 Å². The third kappa shape index (κ3) is 3.49. The van der Waals surface area contributed by atoms with Crippen LogP contribution < -0.4 is 0 Å². The number of fused-ring (bicyclic) bond motifs is 5. The Morgan fingerprint density at radius 1 is 1.03 bits per heavy atom. The number of hydrogen-bond donors (Lipinski definition) is 1.